The SMILES string of the molecule is CC1(I)CCOC(=O)C1. The molecule has 0 aromatic carbocycles. The first-order chi connectivity index (χ1) is 4.10. The van der Waals surface area contributed by atoms with Crippen LogP contribution in [-0.2, 0) is 9.53 Å². The van der Waals surface area contributed by atoms with Crippen LogP contribution in [0.1, 0.15) is 19.8 Å². The molecule has 9 heavy (non-hydrogen) atoms. The van der Waals surface area contributed by atoms with Crippen molar-refractivity contribution in [3.05, 3.63) is 0 Å². The molecule has 1 heterocycles. The number of alkyl halides is 1. The summed E-state index contributed by atoms with van der Waals surface area (Å²) in [6.07, 6.45) is 1.55. The van der Waals surface area contributed by atoms with Crippen molar-refractivity contribution in [1.29, 1.82) is 0 Å². The quantitative estimate of drug-likeness (QED) is 0.364. The predicted octanol–water partition coefficient (Wildman–Crippen LogP) is 1.52. The zero-order valence-corrected chi connectivity index (χ0v) is 7.47. The molecule has 0 aromatic heterocycles. The van der Waals surface area contributed by atoms with Crippen LogP contribution in [-0.4, -0.2) is 16.0 Å². The Labute approximate surface area is 68.1 Å². The zero-order chi connectivity index (χ0) is 6.91. The van der Waals surface area contributed by atoms with Crippen LogP contribution in [0.2, 0.25) is 0 Å². The van der Waals surface area contributed by atoms with Gasteiger partial charge in [0.25, 0.3) is 0 Å². The minimum atomic E-state index is -0.0573. The smallest absolute Gasteiger partial charge is 0.307 e. The Bertz CT molecular complexity index is 131. The lowest BCUT2D eigenvalue weighted by Gasteiger charge is -2.25. The molecule has 3 heteroatoms. The second-order valence-electron chi connectivity index (χ2n) is 2.56. The Morgan fingerprint density at radius 1 is 1.78 bits per heavy atom. The molecular weight excluding hydrogens is 231 g/mol. The molecule has 1 aliphatic heterocycles. The second-order valence-corrected chi connectivity index (χ2v) is 5.16. The van der Waals surface area contributed by atoms with Gasteiger partial charge in [-0.2, -0.15) is 0 Å². The van der Waals surface area contributed by atoms with E-state index >= 15 is 0 Å². The highest BCUT2D eigenvalue weighted by Gasteiger charge is 2.29. The van der Waals surface area contributed by atoms with Gasteiger partial charge >= 0.3 is 5.97 Å². The molecule has 2 nitrogen and oxygen atoms in total. The predicted molar refractivity (Wildman–Crippen MR) is 42.6 cm³/mol. The van der Waals surface area contributed by atoms with Gasteiger partial charge in [0, 0.05) is 3.42 Å². The highest BCUT2D eigenvalue weighted by molar-refractivity contribution is 14.1. The van der Waals surface area contributed by atoms with E-state index < -0.39 is 0 Å². The van der Waals surface area contributed by atoms with Gasteiger partial charge in [-0.25, -0.2) is 0 Å². The van der Waals surface area contributed by atoms with Gasteiger partial charge in [0.05, 0.1) is 13.0 Å². The molecule has 1 atom stereocenters. The summed E-state index contributed by atoms with van der Waals surface area (Å²) in [4.78, 5) is 10.7. The van der Waals surface area contributed by atoms with Crippen molar-refractivity contribution in [3.8, 4) is 0 Å². The van der Waals surface area contributed by atoms with Gasteiger partial charge in [-0.1, -0.05) is 22.6 Å². The minimum Gasteiger partial charge on any atom is -0.466 e. The van der Waals surface area contributed by atoms with E-state index in [0.717, 1.165) is 6.42 Å². The van der Waals surface area contributed by atoms with Crippen LogP contribution in [0.15, 0.2) is 0 Å². The average Bonchev–Trinajstić information content (AvgIpc) is 1.60. The summed E-state index contributed by atoms with van der Waals surface area (Å²) < 4.78 is 4.92. The van der Waals surface area contributed by atoms with Crippen LogP contribution in [0.4, 0.5) is 0 Å². The normalized spacial score (nSPS) is 36.0. The first-order valence-corrected chi connectivity index (χ1v) is 4.03. The van der Waals surface area contributed by atoms with E-state index in [4.69, 9.17) is 4.74 Å². The van der Waals surface area contributed by atoms with Crippen LogP contribution < -0.4 is 0 Å². The van der Waals surface area contributed by atoms with Crippen molar-refractivity contribution in [2.75, 3.05) is 6.61 Å². The van der Waals surface area contributed by atoms with Crippen LogP contribution in [0, 0.1) is 0 Å². The number of hydrogen-bond acceptors (Lipinski definition) is 2. The van der Waals surface area contributed by atoms with Crippen LogP contribution >= 0.6 is 22.6 Å². The van der Waals surface area contributed by atoms with Gasteiger partial charge in [0.1, 0.15) is 0 Å². The van der Waals surface area contributed by atoms with E-state index in [0.29, 0.717) is 13.0 Å². The summed E-state index contributed by atoms with van der Waals surface area (Å²) in [6, 6.07) is 0. The van der Waals surface area contributed by atoms with Crippen molar-refractivity contribution in [3.63, 3.8) is 0 Å². The molecule has 0 aliphatic carbocycles. The number of carbonyl (C=O) groups is 1. The largest absolute Gasteiger partial charge is 0.466 e. The van der Waals surface area contributed by atoms with E-state index in [-0.39, 0.29) is 9.39 Å². The fraction of sp³-hybridized carbons (Fsp3) is 0.833. The van der Waals surface area contributed by atoms with Gasteiger partial charge in [-0.15, -0.1) is 0 Å². The monoisotopic (exact) mass is 240 g/mol. The lowest BCUT2D eigenvalue weighted by atomic mass is 10.0. The third-order valence-electron chi connectivity index (χ3n) is 1.40. The average molecular weight is 240 g/mol. The van der Waals surface area contributed by atoms with Crippen molar-refractivity contribution >= 4 is 28.6 Å². The van der Waals surface area contributed by atoms with E-state index in [1.807, 2.05) is 0 Å². The summed E-state index contributed by atoms with van der Waals surface area (Å²) in [5.74, 6) is -0.0573. The molecular formula is C6H9IO2. The highest BCUT2D eigenvalue weighted by atomic mass is 127. The topological polar surface area (TPSA) is 26.3 Å². The number of rotatable bonds is 0. The molecule has 0 bridgehead atoms. The first kappa shape index (κ1) is 7.31. The van der Waals surface area contributed by atoms with Gasteiger partial charge < -0.3 is 4.74 Å². The standard InChI is InChI=1S/C6H9IO2/c1-6(7)2-3-9-5(8)4-6/h2-4H2,1H3. The molecule has 52 valence electrons. The van der Waals surface area contributed by atoms with E-state index in [1.165, 1.54) is 0 Å². The molecule has 1 rings (SSSR count). The number of esters is 1. The van der Waals surface area contributed by atoms with Gasteiger partial charge in [-0.3, -0.25) is 4.79 Å². The molecule has 1 fully saturated rings. The van der Waals surface area contributed by atoms with E-state index in [1.54, 1.807) is 0 Å². The maximum atomic E-state index is 10.7. The number of hydrogen-bond donors (Lipinski definition) is 0. The maximum absolute atomic E-state index is 10.7. The number of ether oxygens (including phenoxy) is 1. The van der Waals surface area contributed by atoms with Gasteiger partial charge in [-0.05, 0) is 13.3 Å². The van der Waals surface area contributed by atoms with Crippen LogP contribution in [0.25, 0.3) is 0 Å². The third kappa shape index (κ3) is 2.12. The molecule has 1 unspecified atom stereocenters. The van der Waals surface area contributed by atoms with Crippen molar-refractivity contribution in [2.24, 2.45) is 0 Å². The maximum Gasteiger partial charge on any atom is 0.307 e. The van der Waals surface area contributed by atoms with Crippen LogP contribution in [0.5, 0.6) is 0 Å². The summed E-state index contributed by atoms with van der Waals surface area (Å²) in [7, 11) is 0. The number of cyclic esters (lactones) is 1. The first-order valence-electron chi connectivity index (χ1n) is 2.95. The Balaban J connectivity index is 2.51. The fourth-order valence-corrected chi connectivity index (χ4v) is 1.35. The molecule has 1 aliphatic rings. The molecule has 0 aromatic rings. The highest BCUT2D eigenvalue weighted by Crippen LogP contribution is 2.30. The van der Waals surface area contributed by atoms with Crippen molar-refractivity contribution < 1.29 is 9.53 Å². The summed E-state index contributed by atoms with van der Waals surface area (Å²) >= 11 is 2.31. The lowest BCUT2D eigenvalue weighted by molar-refractivity contribution is -0.147. The molecule has 0 amide bonds. The fourth-order valence-electron chi connectivity index (χ4n) is 0.818. The zero-order valence-electron chi connectivity index (χ0n) is 5.32. The van der Waals surface area contributed by atoms with Crippen LogP contribution in [0.3, 0.4) is 0 Å². The minimum absolute atomic E-state index is 0.0573. The van der Waals surface area contributed by atoms with Gasteiger partial charge in [0.15, 0.2) is 0 Å². The molecule has 1 saturated heterocycles. The Kier molecular flexibility index (Phi) is 1.98. The van der Waals surface area contributed by atoms with E-state index in [2.05, 4.69) is 29.5 Å². The van der Waals surface area contributed by atoms with Gasteiger partial charge in [0.2, 0.25) is 0 Å². The third-order valence-corrected chi connectivity index (χ3v) is 2.32. The Hall–Kier alpha value is 0.200. The molecule has 0 radical (unpaired) electrons. The summed E-state index contributed by atoms with van der Waals surface area (Å²) in [5.41, 5.74) is 0. The lowest BCUT2D eigenvalue weighted by Crippen LogP contribution is -2.29. The number of carbonyl (C=O) groups excluding carboxylic acids is 1. The van der Waals surface area contributed by atoms with Crippen molar-refractivity contribution in [1.82, 2.24) is 0 Å². The summed E-state index contributed by atoms with van der Waals surface area (Å²) in [6.45, 7) is 2.67. The number of halogens is 1. The second kappa shape index (κ2) is 2.44. The van der Waals surface area contributed by atoms with E-state index in [9.17, 15) is 4.79 Å². The Morgan fingerprint density at radius 3 is 2.78 bits per heavy atom. The molecule has 0 saturated carbocycles. The summed E-state index contributed by atoms with van der Waals surface area (Å²) in [5, 5.41) is 0. The van der Waals surface area contributed by atoms with Crippen molar-refractivity contribution in [2.45, 2.75) is 23.2 Å². The Morgan fingerprint density at radius 2 is 2.44 bits per heavy atom. The molecule has 0 spiro atoms. The molecule has 0 N–H and O–H groups in total.